The number of esters is 1. The number of ether oxygens (including phenoxy) is 1. The molecule has 1 amide bonds. The molecule has 4 aromatic rings. The molecule has 0 saturated heterocycles. The van der Waals surface area contributed by atoms with E-state index in [1.807, 2.05) is 48.0 Å². The molecule has 0 fully saturated rings. The number of thiazole rings is 1. The number of rotatable bonds is 6. The fourth-order valence-electron chi connectivity index (χ4n) is 2.87. The summed E-state index contributed by atoms with van der Waals surface area (Å²) in [7, 11) is 0. The number of para-hydroxylation sites is 1. The number of nitrogens with one attached hydrogen (secondary N) is 1. The number of benzene rings is 1. The monoisotopic (exact) mass is 426 g/mol. The lowest BCUT2D eigenvalue weighted by Crippen LogP contribution is -2.11. The number of aromatic nitrogens is 3. The number of aryl methyl sites for hydroxylation is 1. The second kappa shape index (κ2) is 8.14. The van der Waals surface area contributed by atoms with Crippen molar-refractivity contribution in [3.8, 4) is 5.69 Å². The Labute approximate surface area is 175 Å². The van der Waals surface area contributed by atoms with Gasteiger partial charge in [0.2, 0.25) is 0 Å². The van der Waals surface area contributed by atoms with Gasteiger partial charge in [-0.1, -0.05) is 18.2 Å². The maximum Gasteiger partial charge on any atom is 0.311 e. The summed E-state index contributed by atoms with van der Waals surface area (Å²) in [5, 5.41) is 10.5. The van der Waals surface area contributed by atoms with E-state index in [0.29, 0.717) is 22.3 Å². The van der Waals surface area contributed by atoms with Gasteiger partial charge in [0.25, 0.3) is 5.91 Å². The first-order valence-electron chi connectivity index (χ1n) is 9.01. The van der Waals surface area contributed by atoms with Gasteiger partial charge in [0.1, 0.15) is 4.83 Å². The van der Waals surface area contributed by atoms with E-state index in [1.165, 1.54) is 22.7 Å². The summed E-state index contributed by atoms with van der Waals surface area (Å²) in [5.74, 6) is -0.566. The van der Waals surface area contributed by atoms with Crippen molar-refractivity contribution < 1.29 is 14.3 Å². The molecular formula is C20H18N4O3S2. The Morgan fingerprint density at radius 2 is 2.03 bits per heavy atom. The second-order valence-electron chi connectivity index (χ2n) is 6.24. The van der Waals surface area contributed by atoms with Gasteiger partial charge in [0.05, 0.1) is 35.0 Å². The van der Waals surface area contributed by atoms with Crippen molar-refractivity contribution in [2.75, 3.05) is 11.9 Å². The summed E-state index contributed by atoms with van der Waals surface area (Å²) in [5.41, 5.74) is 2.39. The average molecular weight is 427 g/mol. The van der Waals surface area contributed by atoms with Gasteiger partial charge in [-0.25, -0.2) is 9.67 Å². The van der Waals surface area contributed by atoms with Gasteiger partial charge in [-0.2, -0.15) is 5.10 Å². The summed E-state index contributed by atoms with van der Waals surface area (Å²) in [6.45, 7) is 4.02. The molecule has 0 aliphatic heterocycles. The van der Waals surface area contributed by atoms with Crippen molar-refractivity contribution in [3.05, 3.63) is 58.0 Å². The molecule has 0 saturated carbocycles. The maximum absolute atomic E-state index is 12.7. The third kappa shape index (κ3) is 4.06. The number of hydrogen-bond acceptors (Lipinski definition) is 7. The van der Waals surface area contributed by atoms with E-state index >= 15 is 0 Å². The summed E-state index contributed by atoms with van der Waals surface area (Å²) >= 11 is 2.66. The highest BCUT2D eigenvalue weighted by atomic mass is 32.1. The second-order valence-corrected chi connectivity index (χ2v) is 8.13. The fraction of sp³-hybridized carbons (Fsp3) is 0.200. The Morgan fingerprint density at radius 3 is 2.79 bits per heavy atom. The van der Waals surface area contributed by atoms with Gasteiger partial charge in [-0.05, 0) is 32.0 Å². The number of anilines is 1. The molecule has 0 spiro atoms. The molecule has 0 radical (unpaired) electrons. The topological polar surface area (TPSA) is 86.1 Å². The third-order valence-corrected chi connectivity index (χ3v) is 6.09. The zero-order valence-corrected chi connectivity index (χ0v) is 17.5. The van der Waals surface area contributed by atoms with Crippen LogP contribution in [0.15, 0.2) is 41.8 Å². The van der Waals surface area contributed by atoms with E-state index in [0.717, 1.165) is 21.6 Å². The van der Waals surface area contributed by atoms with Crippen molar-refractivity contribution in [1.82, 2.24) is 14.8 Å². The zero-order valence-electron chi connectivity index (χ0n) is 15.8. The van der Waals surface area contributed by atoms with Crippen LogP contribution in [0.1, 0.15) is 28.0 Å². The zero-order chi connectivity index (χ0) is 20.4. The molecule has 9 heteroatoms. The van der Waals surface area contributed by atoms with Crippen molar-refractivity contribution in [1.29, 1.82) is 0 Å². The largest absolute Gasteiger partial charge is 0.466 e. The van der Waals surface area contributed by atoms with Crippen molar-refractivity contribution >= 4 is 49.9 Å². The fourth-order valence-corrected chi connectivity index (χ4v) is 4.65. The summed E-state index contributed by atoms with van der Waals surface area (Å²) in [4.78, 5) is 30.1. The van der Waals surface area contributed by atoms with E-state index in [4.69, 9.17) is 4.74 Å². The lowest BCUT2D eigenvalue weighted by molar-refractivity contribution is -0.142. The van der Waals surface area contributed by atoms with Gasteiger partial charge in [0.15, 0.2) is 5.13 Å². The lowest BCUT2D eigenvalue weighted by atomic mass is 10.3. The van der Waals surface area contributed by atoms with Gasteiger partial charge >= 0.3 is 5.97 Å². The minimum Gasteiger partial charge on any atom is -0.466 e. The van der Waals surface area contributed by atoms with Crippen LogP contribution >= 0.6 is 22.7 Å². The molecule has 29 heavy (non-hydrogen) atoms. The van der Waals surface area contributed by atoms with E-state index < -0.39 is 0 Å². The number of carbonyl (C=O) groups excluding carboxylic acids is 2. The van der Waals surface area contributed by atoms with Gasteiger partial charge in [0, 0.05) is 10.8 Å². The van der Waals surface area contributed by atoms with Gasteiger partial charge in [-0.3, -0.25) is 14.9 Å². The van der Waals surface area contributed by atoms with Gasteiger partial charge in [-0.15, -0.1) is 22.7 Å². The first-order chi connectivity index (χ1) is 14.0. The molecule has 3 aromatic heterocycles. The number of amides is 1. The van der Waals surface area contributed by atoms with Crippen molar-refractivity contribution in [2.45, 2.75) is 20.3 Å². The summed E-state index contributed by atoms with van der Waals surface area (Å²) < 4.78 is 6.78. The quantitative estimate of drug-likeness (QED) is 0.467. The van der Waals surface area contributed by atoms with Crippen LogP contribution in [0.25, 0.3) is 15.9 Å². The Kier molecular flexibility index (Phi) is 5.41. The highest BCUT2D eigenvalue weighted by Gasteiger charge is 2.18. The molecule has 148 valence electrons. The maximum atomic E-state index is 12.7. The first-order valence-corrected chi connectivity index (χ1v) is 10.7. The van der Waals surface area contributed by atoms with E-state index in [9.17, 15) is 9.59 Å². The highest BCUT2D eigenvalue weighted by Crippen LogP contribution is 2.31. The van der Waals surface area contributed by atoms with Crippen LogP contribution in [0.4, 0.5) is 5.13 Å². The van der Waals surface area contributed by atoms with Crippen LogP contribution in [0.5, 0.6) is 0 Å². The highest BCUT2D eigenvalue weighted by molar-refractivity contribution is 7.20. The number of nitrogens with zero attached hydrogens (tertiary/aromatic N) is 3. The normalized spacial score (nSPS) is 11.0. The predicted octanol–water partition coefficient (Wildman–Crippen LogP) is 4.21. The van der Waals surface area contributed by atoms with Crippen LogP contribution in [0.3, 0.4) is 0 Å². The molecule has 1 N–H and O–H groups in total. The summed E-state index contributed by atoms with van der Waals surface area (Å²) in [6, 6.07) is 11.7. The molecule has 7 nitrogen and oxygen atoms in total. The summed E-state index contributed by atoms with van der Waals surface area (Å²) in [6.07, 6.45) is 0.0925. The van der Waals surface area contributed by atoms with Crippen molar-refractivity contribution in [2.24, 2.45) is 0 Å². The van der Waals surface area contributed by atoms with Crippen LogP contribution in [0, 0.1) is 6.92 Å². The number of hydrogen-bond donors (Lipinski definition) is 1. The van der Waals surface area contributed by atoms with Crippen molar-refractivity contribution in [3.63, 3.8) is 0 Å². The Hall–Kier alpha value is -3.04. The molecule has 0 unspecified atom stereocenters. The smallest absolute Gasteiger partial charge is 0.311 e. The van der Waals surface area contributed by atoms with Crippen LogP contribution in [0.2, 0.25) is 0 Å². The number of thiophene rings is 1. The van der Waals surface area contributed by atoms with E-state index in [2.05, 4.69) is 15.4 Å². The molecule has 0 aliphatic carbocycles. The minimum atomic E-state index is -0.332. The predicted molar refractivity (Wildman–Crippen MR) is 114 cm³/mol. The Morgan fingerprint density at radius 1 is 1.24 bits per heavy atom. The number of carbonyl (C=O) groups is 2. The standard InChI is InChI=1S/C20H18N4O3S2/c1-3-27-17(25)9-13-11-28-20(21-13)22-18(26)16-10-15-12(2)23-24(19(15)29-16)14-7-5-4-6-8-14/h4-8,10-11H,3,9H2,1-2H3,(H,21,22,26). The Bertz CT molecular complexity index is 1180. The average Bonchev–Trinajstić information content (AvgIpc) is 3.40. The van der Waals surface area contributed by atoms with E-state index in [1.54, 1.807) is 12.3 Å². The third-order valence-electron chi connectivity index (χ3n) is 4.17. The van der Waals surface area contributed by atoms with Crippen LogP contribution < -0.4 is 5.32 Å². The van der Waals surface area contributed by atoms with Crippen LogP contribution in [-0.4, -0.2) is 33.2 Å². The Balaban J connectivity index is 1.54. The molecule has 0 aliphatic rings. The molecule has 0 atom stereocenters. The lowest BCUT2D eigenvalue weighted by Gasteiger charge is -2.01. The number of fused-ring (bicyclic) bond motifs is 1. The minimum absolute atomic E-state index is 0.0925. The first kappa shape index (κ1) is 19.3. The molecule has 4 rings (SSSR count). The molecule has 3 heterocycles. The molecule has 0 bridgehead atoms. The van der Waals surface area contributed by atoms with E-state index in [-0.39, 0.29) is 18.3 Å². The van der Waals surface area contributed by atoms with Gasteiger partial charge < -0.3 is 4.74 Å². The SMILES string of the molecule is CCOC(=O)Cc1csc(NC(=O)c2cc3c(C)nn(-c4ccccc4)c3s2)n1. The van der Waals surface area contributed by atoms with Crippen LogP contribution in [-0.2, 0) is 16.0 Å². The molecule has 1 aromatic carbocycles. The molecular weight excluding hydrogens is 408 g/mol.